The van der Waals surface area contributed by atoms with Crippen molar-refractivity contribution in [2.45, 2.75) is 51.0 Å². The van der Waals surface area contributed by atoms with Gasteiger partial charge in [0.1, 0.15) is 11.6 Å². The number of amides is 1. The summed E-state index contributed by atoms with van der Waals surface area (Å²) in [5.41, 5.74) is 0.836. The number of benzene rings is 1. The number of likely N-dealkylation sites (tertiary alicyclic amines) is 1. The summed E-state index contributed by atoms with van der Waals surface area (Å²) in [6.45, 7) is 2.52. The van der Waals surface area contributed by atoms with Gasteiger partial charge in [-0.05, 0) is 49.9 Å². The molecule has 0 saturated carbocycles. The van der Waals surface area contributed by atoms with Gasteiger partial charge in [0.15, 0.2) is 5.82 Å². The molecule has 2 aliphatic rings. The summed E-state index contributed by atoms with van der Waals surface area (Å²) in [5, 5.41) is 8.66. The smallest absolute Gasteiger partial charge is 0.233 e. The molecular weight excluding hydrogens is 319 g/mol. The minimum Gasteiger partial charge on any atom is -0.342 e. The first-order valence-corrected chi connectivity index (χ1v) is 9.22. The van der Waals surface area contributed by atoms with Crippen molar-refractivity contribution in [3.8, 4) is 11.4 Å². The average Bonchev–Trinajstić information content (AvgIpc) is 2.88. The molecule has 4 rings (SSSR count). The van der Waals surface area contributed by atoms with E-state index in [1.54, 1.807) is 12.1 Å². The molecule has 1 saturated heterocycles. The Morgan fingerprint density at radius 2 is 1.68 bits per heavy atom. The van der Waals surface area contributed by atoms with Crippen molar-refractivity contribution < 1.29 is 9.18 Å². The monoisotopic (exact) mass is 342 g/mol. The maximum Gasteiger partial charge on any atom is 0.233 e. The molecule has 3 heterocycles. The van der Waals surface area contributed by atoms with E-state index in [-0.39, 0.29) is 17.6 Å². The molecule has 1 fully saturated rings. The summed E-state index contributed by atoms with van der Waals surface area (Å²) in [5.74, 6) is 1.22. The van der Waals surface area contributed by atoms with Crippen LogP contribution in [-0.2, 0) is 11.3 Å². The normalized spacial score (nSPS) is 20.8. The summed E-state index contributed by atoms with van der Waals surface area (Å²) in [4.78, 5) is 15.1. The zero-order valence-electron chi connectivity index (χ0n) is 14.3. The Kier molecular flexibility index (Phi) is 4.51. The summed E-state index contributed by atoms with van der Waals surface area (Å²) in [6, 6.07) is 6.29. The number of nitrogens with zero attached hydrogens (tertiary/aromatic N) is 4. The van der Waals surface area contributed by atoms with Crippen LogP contribution >= 0.6 is 0 Å². The SMILES string of the molecule is O=C(C1CCCn2c(-c3ccc(F)cc3)nnc21)N1CCCCCC1. The first-order chi connectivity index (χ1) is 12.2. The lowest BCUT2D eigenvalue weighted by molar-refractivity contribution is -0.133. The van der Waals surface area contributed by atoms with E-state index in [0.717, 1.165) is 62.5 Å². The lowest BCUT2D eigenvalue weighted by Crippen LogP contribution is -2.38. The topological polar surface area (TPSA) is 51.0 Å². The molecule has 0 spiro atoms. The lowest BCUT2D eigenvalue weighted by atomic mass is 9.96. The van der Waals surface area contributed by atoms with Crippen molar-refractivity contribution in [3.05, 3.63) is 35.9 Å². The molecule has 2 aromatic rings. The fourth-order valence-electron chi connectivity index (χ4n) is 3.93. The molecule has 0 N–H and O–H groups in total. The molecule has 1 aromatic heterocycles. The number of hydrogen-bond acceptors (Lipinski definition) is 3. The van der Waals surface area contributed by atoms with Gasteiger partial charge in [-0.2, -0.15) is 0 Å². The van der Waals surface area contributed by atoms with E-state index in [2.05, 4.69) is 10.2 Å². The van der Waals surface area contributed by atoms with Gasteiger partial charge >= 0.3 is 0 Å². The Hall–Kier alpha value is -2.24. The minimum atomic E-state index is -0.267. The highest BCUT2D eigenvalue weighted by atomic mass is 19.1. The molecule has 1 aromatic carbocycles. The van der Waals surface area contributed by atoms with Gasteiger partial charge in [0.2, 0.25) is 5.91 Å². The van der Waals surface area contributed by atoms with E-state index in [9.17, 15) is 9.18 Å². The highest BCUT2D eigenvalue weighted by Crippen LogP contribution is 2.32. The Bertz CT molecular complexity index is 747. The van der Waals surface area contributed by atoms with Gasteiger partial charge in [-0.1, -0.05) is 12.8 Å². The quantitative estimate of drug-likeness (QED) is 0.841. The molecule has 0 aliphatic carbocycles. The van der Waals surface area contributed by atoms with E-state index in [4.69, 9.17) is 0 Å². The largest absolute Gasteiger partial charge is 0.342 e. The van der Waals surface area contributed by atoms with Gasteiger partial charge in [-0.25, -0.2) is 4.39 Å². The van der Waals surface area contributed by atoms with E-state index < -0.39 is 0 Å². The minimum absolute atomic E-state index is 0.195. The first-order valence-electron chi connectivity index (χ1n) is 9.22. The van der Waals surface area contributed by atoms with E-state index in [1.165, 1.54) is 25.0 Å². The van der Waals surface area contributed by atoms with Gasteiger partial charge in [0.25, 0.3) is 0 Å². The number of carbonyl (C=O) groups excluding carboxylic acids is 1. The Balaban J connectivity index is 1.62. The lowest BCUT2D eigenvalue weighted by Gasteiger charge is -2.28. The van der Waals surface area contributed by atoms with Crippen LogP contribution in [0.3, 0.4) is 0 Å². The number of halogens is 1. The summed E-state index contributed by atoms with van der Waals surface area (Å²) < 4.78 is 15.2. The van der Waals surface area contributed by atoms with Gasteiger partial charge in [-0.15, -0.1) is 10.2 Å². The second kappa shape index (κ2) is 6.94. The summed E-state index contributed by atoms with van der Waals surface area (Å²) >= 11 is 0. The predicted molar refractivity (Wildman–Crippen MR) is 92.4 cm³/mol. The molecule has 5 nitrogen and oxygen atoms in total. The maximum absolute atomic E-state index is 13.2. The molecule has 1 unspecified atom stereocenters. The number of carbonyl (C=O) groups is 1. The predicted octanol–water partition coefficient (Wildman–Crippen LogP) is 3.36. The maximum atomic E-state index is 13.2. The van der Waals surface area contributed by atoms with Gasteiger partial charge in [0.05, 0.1) is 5.92 Å². The van der Waals surface area contributed by atoms with Gasteiger partial charge < -0.3 is 9.47 Å². The number of aromatic nitrogens is 3. The molecule has 6 heteroatoms. The highest BCUT2D eigenvalue weighted by molar-refractivity contribution is 5.83. The van der Waals surface area contributed by atoms with Crippen LogP contribution in [0, 0.1) is 5.82 Å². The second-order valence-corrected chi connectivity index (χ2v) is 6.97. The van der Waals surface area contributed by atoms with Crippen LogP contribution < -0.4 is 0 Å². The van der Waals surface area contributed by atoms with Crippen molar-refractivity contribution in [1.82, 2.24) is 19.7 Å². The molecule has 1 amide bonds. The third-order valence-electron chi connectivity index (χ3n) is 5.28. The van der Waals surface area contributed by atoms with Crippen molar-refractivity contribution in [3.63, 3.8) is 0 Å². The fraction of sp³-hybridized carbons (Fsp3) is 0.526. The summed E-state index contributed by atoms with van der Waals surface area (Å²) in [7, 11) is 0. The molecule has 132 valence electrons. The number of hydrogen-bond donors (Lipinski definition) is 0. The molecule has 0 bridgehead atoms. The fourth-order valence-corrected chi connectivity index (χ4v) is 3.93. The van der Waals surface area contributed by atoms with Crippen molar-refractivity contribution in [1.29, 1.82) is 0 Å². The van der Waals surface area contributed by atoms with E-state index >= 15 is 0 Å². The highest BCUT2D eigenvalue weighted by Gasteiger charge is 2.33. The molecule has 2 aliphatic heterocycles. The molecule has 25 heavy (non-hydrogen) atoms. The standard InChI is InChI=1S/C19H23FN4O/c20-15-9-7-14(8-10-15)17-21-22-18-16(6-5-13-24(17)18)19(25)23-11-3-1-2-4-12-23/h7-10,16H,1-6,11-13H2. The Morgan fingerprint density at radius 1 is 0.960 bits per heavy atom. The third-order valence-corrected chi connectivity index (χ3v) is 5.28. The number of rotatable bonds is 2. The Labute approximate surface area is 146 Å². The first kappa shape index (κ1) is 16.2. The van der Waals surface area contributed by atoms with Crippen molar-refractivity contribution in [2.75, 3.05) is 13.1 Å². The third kappa shape index (κ3) is 3.17. The van der Waals surface area contributed by atoms with Crippen LogP contribution in [0.1, 0.15) is 50.3 Å². The second-order valence-electron chi connectivity index (χ2n) is 6.97. The van der Waals surface area contributed by atoms with Crippen LogP contribution in [0.5, 0.6) is 0 Å². The zero-order chi connectivity index (χ0) is 17.2. The molecule has 0 radical (unpaired) electrons. The van der Waals surface area contributed by atoms with Crippen LogP contribution in [0.25, 0.3) is 11.4 Å². The van der Waals surface area contributed by atoms with Gasteiger partial charge in [-0.3, -0.25) is 4.79 Å². The molecule has 1 atom stereocenters. The Morgan fingerprint density at radius 3 is 2.40 bits per heavy atom. The van der Waals surface area contributed by atoms with Gasteiger partial charge in [0, 0.05) is 25.2 Å². The zero-order valence-corrected chi connectivity index (χ0v) is 14.3. The number of fused-ring (bicyclic) bond motifs is 1. The van der Waals surface area contributed by atoms with Crippen molar-refractivity contribution in [2.24, 2.45) is 0 Å². The molecular formula is C19H23FN4O. The van der Waals surface area contributed by atoms with Crippen LogP contribution in [-0.4, -0.2) is 38.7 Å². The van der Waals surface area contributed by atoms with Crippen LogP contribution in [0.4, 0.5) is 4.39 Å². The van der Waals surface area contributed by atoms with Crippen LogP contribution in [0.15, 0.2) is 24.3 Å². The summed E-state index contributed by atoms with van der Waals surface area (Å²) in [6.07, 6.45) is 6.36. The average molecular weight is 342 g/mol. The van der Waals surface area contributed by atoms with E-state index in [0.29, 0.717) is 0 Å². The van der Waals surface area contributed by atoms with Crippen molar-refractivity contribution >= 4 is 5.91 Å². The van der Waals surface area contributed by atoms with E-state index in [1.807, 2.05) is 9.47 Å². The van der Waals surface area contributed by atoms with Crippen LogP contribution in [0.2, 0.25) is 0 Å².